The predicted molar refractivity (Wildman–Crippen MR) is 51.2 cm³/mol. The van der Waals surface area contributed by atoms with Crippen LogP contribution in [-0.4, -0.2) is 14.9 Å². The van der Waals surface area contributed by atoms with E-state index >= 15 is 0 Å². The summed E-state index contributed by atoms with van der Waals surface area (Å²) in [6.45, 7) is 0. The van der Waals surface area contributed by atoms with Gasteiger partial charge in [-0.3, -0.25) is 10.1 Å². The van der Waals surface area contributed by atoms with Gasteiger partial charge in [0.05, 0.1) is 10.4 Å². The lowest BCUT2D eigenvalue weighted by Gasteiger charge is -1.98. The van der Waals surface area contributed by atoms with Crippen molar-refractivity contribution < 1.29 is 4.92 Å². The molecule has 0 atom stereocenters. The molecule has 0 fully saturated rings. The Bertz CT molecular complexity index is 510. The number of nitrogens with zero attached hydrogens (tertiary/aromatic N) is 3. The van der Waals surface area contributed by atoms with Gasteiger partial charge in [0.1, 0.15) is 16.9 Å². The maximum atomic E-state index is 10.7. The van der Waals surface area contributed by atoms with E-state index in [0.717, 1.165) is 0 Å². The summed E-state index contributed by atoms with van der Waals surface area (Å²) < 4.78 is 0. The second kappa shape index (κ2) is 3.19. The van der Waals surface area contributed by atoms with Gasteiger partial charge in [0, 0.05) is 6.07 Å². The molecule has 0 unspecified atom stereocenters. The van der Waals surface area contributed by atoms with Crippen molar-refractivity contribution in [1.82, 2.24) is 9.97 Å². The second-order valence-corrected chi connectivity index (χ2v) is 2.95. The Hall–Kier alpha value is -1.75. The first kappa shape index (κ1) is 8.83. The molecule has 0 aliphatic carbocycles. The van der Waals surface area contributed by atoms with Gasteiger partial charge in [-0.1, -0.05) is 17.7 Å². The molecule has 1 heterocycles. The summed E-state index contributed by atoms with van der Waals surface area (Å²) in [5.74, 6) is 0. The SMILES string of the molecule is O=[N+]([O-])c1cccc2ncnc(Cl)c12. The highest BCUT2D eigenvalue weighted by Gasteiger charge is 2.15. The predicted octanol–water partition coefficient (Wildman–Crippen LogP) is 2.19. The van der Waals surface area contributed by atoms with E-state index in [9.17, 15) is 10.1 Å². The van der Waals surface area contributed by atoms with Gasteiger partial charge < -0.3 is 0 Å². The van der Waals surface area contributed by atoms with Crippen LogP contribution in [-0.2, 0) is 0 Å². The van der Waals surface area contributed by atoms with Crippen molar-refractivity contribution in [2.75, 3.05) is 0 Å². The molecule has 70 valence electrons. The van der Waals surface area contributed by atoms with Crippen molar-refractivity contribution in [2.24, 2.45) is 0 Å². The third kappa shape index (κ3) is 1.27. The molecule has 0 aliphatic rings. The monoisotopic (exact) mass is 209 g/mol. The fourth-order valence-electron chi connectivity index (χ4n) is 1.21. The van der Waals surface area contributed by atoms with Gasteiger partial charge in [0.25, 0.3) is 5.69 Å². The van der Waals surface area contributed by atoms with Crippen molar-refractivity contribution in [1.29, 1.82) is 0 Å². The third-order valence-electron chi connectivity index (χ3n) is 1.79. The Morgan fingerprint density at radius 1 is 1.36 bits per heavy atom. The van der Waals surface area contributed by atoms with Crippen molar-refractivity contribution in [3.8, 4) is 0 Å². The average molecular weight is 210 g/mol. The summed E-state index contributed by atoms with van der Waals surface area (Å²) in [6.07, 6.45) is 1.27. The van der Waals surface area contributed by atoms with E-state index in [1.54, 1.807) is 12.1 Å². The molecule has 5 nitrogen and oxygen atoms in total. The molecule has 0 amide bonds. The van der Waals surface area contributed by atoms with E-state index in [1.807, 2.05) is 0 Å². The van der Waals surface area contributed by atoms with E-state index in [1.165, 1.54) is 12.4 Å². The zero-order valence-electron chi connectivity index (χ0n) is 6.85. The maximum Gasteiger partial charge on any atom is 0.281 e. The molecular weight excluding hydrogens is 206 g/mol. The molecule has 6 heteroatoms. The lowest BCUT2D eigenvalue weighted by molar-refractivity contribution is -0.383. The normalized spacial score (nSPS) is 10.4. The molecule has 2 aromatic rings. The first-order valence-corrected chi connectivity index (χ1v) is 4.11. The van der Waals surface area contributed by atoms with Gasteiger partial charge in [0.15, 0.2) is 0 Å². The number of benzene rings is 1. The lowest BCUT2D eigenvalue weighted by atomic mass is 10.2. The number of nitro groups is 1. The fraction of sp³-hybridized carbons (Fsp3) is 0. The number of halogens is 1. The zero-order chi connectivity index (χ0) is 10.1. The second-order valence-electron chi connectivity index (χ2n) is 2.59. The number of hydrogen-bond acceptors (Lipinski definition) is 4. The van der Waals surface area contributed by atoms with E-state index in [4.69, 9.17) is 11.6 Å². The molecule has 0 aliphatic heterocycles. The molecule has 0 saturated carbocycles. The Balaban J connectivity index is 2.91. The molecule has 0 N–H and O–H groups in total. The van der Waals surface area contributed by atoms with Crippen LogP contribution < -0.4 is 0 Å². The molecule has 0 spiro atoms. The van der Waals surface area contributed by atoms with Gasteiger partial charge in [-0.05, 0) is 6.07 Å². The zero-order valence-corrected chi connectivity index (χ0v) is 7.60. The minimum atomic E-state index is -0.502. The van der Waals surface area contributed by atoms with Crippen molar-refractivity contribution in [2.45, 2.75) is 0 Å². The summed E-state index contributed by atoms with van der Waals surface area (Å²) in [6, 6.07) is 4.58. The van der Waals surface area contributed by atoms with Crippen LogP contribution in [0, 0.1) is 10.1 Å². The summed E-state index contributed by atoms with van der Waals surface area (Å²) in [7, 11) is 0. The van der Waals surface area contributed by atoms with Crippen LogP contribution in [0.15, 0.2) is 24.5 Å². The topological polar surface area (TPSA) is 68.9 Å². The van der Waals surface area contributed by atoms with Crippen molar-refractivity contribution in [3.05, 3.63) is 39.8 Å². The largest absolute Gasteiger partial charge is 0.281 e. The van der Waals surface area contributed by atoms with Crippen molar-refractivity contribution in [3.63, 3.8) is 0 Å². The molecular formula is C8H4ClN3O2. The van der Waals surface area contributed by atoms with Crippen LogP contribution in [0.25, 0.3) is 10.9 Å². The Kier molecular flexibility index (Phi) is 2.01. The van der Waals surface area contributed by atoms with Crippen LogP contribution in [0.2, 0.25) is 5.15 Å². The van der Waals surface area contributed by atoms with E-state index in [0.29, 0.717) is 5.52 Å². The maximum absolute atomic E-state index is 10.7. The van der Waals surface area contributed by atoms with Crippen LogP contribution in [0.4, 0.5) is 5.69 Å². The highest BCUT2D eigenvalue weighted by Crippen LogP contribution is 2.28. The molecule has 0 bridgehead atoms. The van der Waals surface area contributed by atoms with Crippen LogP contribution >= 0.6 is 11.6 Å². The van der Waals surface area contributed by atoms with E-state index in [-0.39, 0.29) is 16.2 Å². The number of non-ortho nitro benzene ring substituents is 1. The van der Waals surface area contributed by atoms with Gasteiger partial charge in [-0.15, -0.1) is 0 Å². The standard InChI is InChI=1S/C8H4ClN3O2/c9-8-7-5(10-4-11-8)2-1-3-6(7)12(13)14/h1-4H. The molecule has 1 aromatic heterocycles. The summed E-state index contributed by atoms with van der Waals surface area (Å²) in [5.41, 5.74) is 0.396. The van der Waals surface area contributed by atoms with Gasteiger partial charge in [-0.25, -0.2) is 9.97 Å². The van der Waals surface area contributed by atoms with Gasteiger partial charge >= 0.3 is 0 Å². The van der Waals surface area contributed by atoms with Crippen LogP contribution in [0.1, 0.15) is 0 Å². The first-order chi connectivity index (χ1) is 6.70. The highest BCUT2D eigenvalue weighted by molar-refractivity contribution is 6.34. The Morgan fingerprint density at radius 3 is 2.86 bits per heavy atom. The van der Waals surface area contributed by atoms with Crippen molar-refractivity contribution >= 4 is 28.2 Å². The molecule has 1 aromatic carbocycles. The number of fused-ring (bicyclic) bond motifs is 1. The number of aromatic nitrogens is 2. The fourth-order valence-corrected chi connectivity index (χ4v) is 1.44. The minimum Gasteiger partial charge on any atom is -0.258 e. The summed E-state index contributed by atoms with van der Waals surface area (Å²) >= 11 is 5.75. The van der Waals surface area contributed by atoms with Crippen LogP contribution in [0.3, 0.4) is 0 Å². The molecule has 0 radical (unpaired) electrons. The Labute approximate surface area is 83.5 Å². The molecule has 0 saturated heterocycles. The highest BCUT2D eigenvalue weighted by atomic mass is 35.5. The first-order valence-electron chi connectivity index (χ1n) is 3.74. The van der Waals surface area contributed by atoms with Crippen LogP contribution in [0.5, 0.6) is 0 Å². The number of nitro benzene ring substituents is 1. The van der Waals surface area contributed by atoms with E-state index < -0.39 is 4.92 Å². The lowest BCUT2D eigenvalue weighted by Crippen LogP contribution is -1.92. The average Bonchev–Trinajstić information content (AvgIpc) is 2.17. The minimum absolute atomic E-state index is 0.0758. The van der Waals surface area contributed by atoms with Gasteiger partial charge in [0.2, 0.25) is 0 Å². The quantitative estimate of drug-likeness (QED) is 0.410. The Morgan fingerprint density at radius 2 is 2.14 bits per heavy atom. The molecule has 2 rings (SSSR count). The summed E-state index contributed by atoms with van der Waals surface area (Å²) in [5, 5.41) is 11.0. The number of rotatable bonds is 1. The summed E-state index contributed by atoms with van der Waals surface area (Å²) in [4.78, 5) is 17.7. The third-order valence-corrected chi connectivity index (χ3v) is 2.08. The molecule has 14 heavy (non-hydrogen) atoms. The van der Waals surface area contributed by atoms with Gasteiger partial charge in [-0.2, -0.15) is 0 Å². The van der Waals surface area contributed by atoms with E-state index in [2.05, 4.69) is 9.97 Å². The smallest absolute Gasteiger partial charge is 0.258 e. The number of hydrogen-bond donors (Lipinski definition) is 0.